The van der Waals surface area contributed by atoms with Gasteiger partial charge in [0.2, 0.25) is 0 Å². The Bertz CT molecular complexity index is 181. The Kier molecular flexibility index (Phi) is 3.94. The second kappa shape index (κ2) is 4.22. The number of hydrogen-bond donors (Lipinski definition) is 0. The molecule has 0 radical (unpaired) electrons. The number of likely N-dealkylation sites (N-methyl/N-ethyl adjacent to an activating group) is 1. The van der Waals surface area contributed by atoms with Crippen molar-refractivity contribution in [2.75, 3.05) is 14.1 Å². The van der Waals surface area contributed by atoms with Crippen LogP contribution in [0.15, 0.2) is 22.9 Å². The van der Waals surface area contributed by atoms with Gasteiger partial charge in [-0.05, 0) is 33.3 Å². The Morgan fingerprint density at radius 1 is 1.09 bits per heavy atom. The lowest BCUT2D eigenvalue weighted by Crippen LogP contribution is -2.12. The van der Waals surface area contributed by atoms with Crippen LogP contribution in [-0.2, 0) is 0 Å². The van der Waals surface area contributed by atoms with Crippen molar-refractivity contribution in [1.82, 2.24) is 4.90 Å². The van der Waals surface area contributed by atoms with Crippen molar-refractivity contribution in [3.63, 3.8) is 0 Å². The molecule has 0 N–H and O–H groups in total. The third-order valence-corrected chi connectivity index (χ3v) is 1.89. The minimum absolute atomic E-state index is 1.31. The predicted molar refractivity (Wildman–Crippen MR) is 51.5 cm³/mol. The normalized spacial score (nSPS) is 11.3. The molecule has 0 rings (SSSR count). The van der Waals surface area contributed by atoms with Gasteiger partial charge in [0.25, 0.3) is 0 Å². The lowest BCUT2D eigenvalue weighted by molar-refractivity contribution is 0.519. The molecule has 0 aromatic carbocycles. The summed E-state index contributed by atoms with van der Waals surface area (Å²) in [6.45, 7) is 8.51. The monoisotopic (exact) mass is 153 g/mol. The van der Waals surface area contributed by atoms with E-state index in [1.165, 1.54) is 16.8 Å². The summed E-state index contributed by atoms with van der Waals surface area (Å²) in [4.78, 5) is 2.14. The highest BCUT2D eigenvalue weighted by molar-refractivity contribution is 5.30. The molecule has 0 aliphatic rings. The fraction of sp³-hybridized carbons (Fsp3) is 0.600. The van der Waals surface area contributed by atoms with E-state index in [-0.39, 0.29) is 0 Å². The van der Waals surface area contributed by atoms with E-state index in [1.807, 2.05) is 0 Å². The highest BCUT2D eigenvalue weighted by atomic mass is 15.1. The second-order valence-corrected chi connectivity index (χ2v) is 3.19. The third kappa shape index (κ3) is 2.79. The van der Waals surface area contributed by atoms with Crippen LogP contribution >= 0.6 is 0 Å². The first-order valence-corrected chi connectivity index (χ1v) is 3.98. The van der Waals surface area contributed by atoms with Gasteiger partial charge in [0.15, 0.2) is 0 Å². The van der Waals surface area contributed by atoms with Gasteiger partial charge in [0, 0.05) is 19.8 Å². The molecular formula is C10H19N. The van der Waals surface area contributed by atoms with Gasteiger partial charge >= 0.3 is 0 Å². The number of nitrogens with zero attached hydrogens (tertiary/aromatic N) is 1. The Morgan fingerprint density at radius 2 is 1.55 bits per heavy atom. The van der Waals surface area contributed by atoms with Crippen LogP contribution in [0.5, 0.6) is 0 Å². The van der Waals surface area contributed by atoms with Crippen LogP contribution in [-0.4, -0.2) is 19.0 Å². The van der Waals surface area contributed by atoms with E-state index in [0.29, 0.717) is 0 Å². The van der Waals surface area contributed by atoms with E-state index in [1.54, 1.807) is 0 Å². The fourth-order valence-electron chi connectivity index (χ4n) is 1.07. The summed E-state index contributed by atoms with van der Waals surface area (Å²) in [5.41, 5.74) is 4.06. The zero-order valence-corrected chi connectivity index (χ0v) is 8.52. The van der Waals surface area contributed by atoms with Gasteiger partial charge < -0.3 is 4.90 Å². The van der Waals surface area contributed by atoms with Gasteiger partial charge in [-0.3, -0.25) is 0 Å². The predicted octanol–water partition coefficient (Wildman–Crippen LogP) is 2.81. The van der Waals surface area contributed by atoms with Crippen molar-refractivity contribution in [3.05, 3.63) is 22.9 Å². The van der Waals surface area contributed by atoms with E-state index < -0.39 is 0 Å². The molecule has 64 valence electrons. The summed E-state index contributed by atoms with van der Waals surface area (Å²) in [6.07, 6.45) is 2.14. The molecule has 0 heterocycles. The Labute approximate surface area is 70.4 Å². The summed E-state index contributed by atoms with van der Waals surface area (Å²) < 4.78 is 0. The average molecular weight is 153 g/mol. The SMILES string of the molecule is C/C=C(\C(C)=C(C)C)N(C)C. The van der Waals surface area contributed by atoms with E-state index in [2.05, 4.69) is 52.8 Å². The van der Waals surface area contributed by atoms with Crippen molar-refractivity contribution >= 4 is 0 Å². The summed E-state index contributed by atoms with van der Waals surface area (Å²) >= 11 is 0. The molecule has 0 aliphatic heterocycles. The van der Waals surface area contributed by atoms with Crippen LogP contribution in [0.2, 0.25) is 0 Å². The van der Waals surface area contributed by atoms with Gasteiger partial charge in [-0.15, -0.1) is 0 Å². The van der Waals surface area contributed by atoms with E-state index >= 15 is 0 Å². The summed E-state index contributed by atoms with van der Waals surface area (Å²) in [6, 6.07) is 0. The van der Waals surface area contributed by atoms with Crippen LogP contribution in [0.1, 0.15) is 27.7 Å². The van der Waals surface area contributed by atoms with Gasteiger partial charge in [0.05, 0.1) is 0 Å². The molecule has 0 aromatic heterocycles. The second-order valence-electron chi connectivity index (χ2n) is 3.19. The lowest BCUT2D eigenvalue weighted by atomic mass is 10.1. The van der Waals surface area contributed by atoms with Crippen molar-refractivity contribution in [3.8, 4) is 0 Å². The molecule has 0 unspecified atom stereocenters. The molecule has 0 aromatic rings. The van der Waals surface area contributed by atoms with Crippen molar-refractivity contribution in [2.24, 2.45) is 0 Å². The molecule has 0 saturated carbocycles. The molecular weight excluding hydrogens is 134 g/mol. The molecule has 0 spiro atoms. The Balaban J connectivity index is 4.70. The first kappa shape index (κ1) is 10.3. The van der Waals surface area contributed by atoms with Gasteiger partial charge in [-0.2, -0.15) is 0 Å². The maximum absolute atomic E-state index is 2.16. The molecule has 0 atom stereocenters. The summed E-state index contributed by atoms with van der Waals surface area (Å²) in [5, 5.41) is 0. The minimum atomic E-state index is 1.31. The third-order valence-electron chi connectivity index (χ3n) is 1.89. The highest BCUT2D eigenvalue weighted by Gasteiger charge is 2.01. The lowest BCUT2D eigenvalue weighted by Gasteiger charge is -2.18. The van der Waals surface area contributed by atoms with Crippen LogP contribution in [0.3, 0.4) is 0 Å². The average Bonchev–Trinajstić information content (AvgIpc) is 1.88. The molecule has 0 aliphatic carbocycles. The topological polar surface area (TPSA) is 3.24 Å². The van der Waals surface area contributed by atoms with Crippen molar-refractivity contribution in [2.45, 2.75) is 27.7 Å². The van der Waals surface area contributed by atoms with E-state index in [9.17, 15) is 0 Å². The number of allylic oxidation sites excluding steroid dienone is 3. The molecule has 1 nitrogen and oxygen atoms in total. The van der Waals surface area contributed by atoms with E-state index in [0.717, 1.165) is 0 Å². The minimum Gasteiger partial charge on any atom is -0.378 e. The Hall–Kier alpha value is -0.720. The highest BCUT2D eigenvalue weighted by Crippen LogP contribution is 2.15. The van der Waals surface area contributed by atoms with Crippen LogP contribution in [0, 0.1) is 0 Å². The molecule has 0 bridgehead atoms. The summed E-state index contributed by atoms with van der Waals surface area (Å²) in [5.74, 6) is 0. The van der Waals surface area contributed by atoms with Crippen LogP contribution < -0.4 is 0 Å². The first-order chi connectivity index (χ1) is 5.00. The zero-order chi connectivity index (χ0) is 9.02. The number of rotatable bonds is 2. The first-order valence-electron chi connectivity index (χ1n) is 3.98. The molecule has 0 fully saturated rings. The van der Waals surface area contributed by atoms with Gasteiger partial charge in [-0.25, -0.2) is 0 Å². The largest absolute Gasteiger partial charge is 0.378 e. The summed E-state index contributed by atoms with van der Waals surface area (Å²) in [7, 11) is 4.14. The maximum atomic E-state index is 2.16. The van der Waals surface area contributed by atoms with Gasteiger partial charge in [0.1, 0.15) is 0 Å². The molecule has 0 amide bonds. The van der Waals surface area contributed by atoms with Crippen molar-refractivity contribution < 1.29 is 0 Å². The zero-order valence-electron chi connectivity index (χ0n) is 8.52. The van der Waals surface area contributed by atoms with Crippen LogP contribution in [0.4, 0.5) is 0 Å². The molecule has 1 heteroatoms. The van der Waals surface area contributed by atoms with E-state index in [4.69, 9.17) is 0 Å². The Morgan fingerprint density at radius 3 is 1.64 bits per heavy atom. The van der Waals surface area contributed by atoms with Crippen LogP contribution in [0.25, 0.3) is 0 Å². The van der Waals surface area contributed by atoms with Gasteiger partial charge in [-0.1, -0.05) is 11.6 Å². The quantitative estimate of drug-likeness (QED) is 0.551. The molecule has 11 heavy (non-hydrogen) atoms. The van der Waals surface area contributed by atoms with Crippen molar-refractivity contribution in [1.29, 1.82) is 0 Å². The maximum Gasteiger partial charge on any atom is 0.0346 e. The molecule has 0 saturated heterocycles. The fourth-order valence-corrected chi connectivity index (χ4v) is 1.07. The smallest absolute Gasteiger partial charge is 0.0346 e. The standard InChI is InChI=1S/C10H19N/c1-7-10(11(5)6)9(4)8(2)3/h7H,1-6H3/b10-7+. The number of hydrogen-bond acceptors (Lipinski definition) is 1.